The Morgan fingerprint density at radius 2 is 1.95 bits per heavy atom. The van der Waals surface area contributed by atoms with Gasteiger partial charge in [-0.25, -0.2) is 0 Å². The summed E-state index contributed by atoms with van der Waals surface area (Å²) in [5.74, 6) is 0.253. The first kappa shape index (κ1) is 14.2. The number of nitro groups is 1. The van der Waals surface area contributed by atoms with Crippen molar-refractivity contribution in [2.24, 2.45) is 10.9 Å². The van der Waals surface area contributed by atoms with E-state index in [0.717, 1.165) is 37.8 Å². The molecule has 2 atom stereocenters. The SMILES string of the molecule is C=CCC1CCCC([N+](=O)[O-])C1=NC1CCCCC1. The lowest BCUT2D eigenvalue weighted by atomic mass is 9.81. The molecule has 4 nitrogen and oxygen atoms in total. The number of rotatable bonds is 4. The zero-order valence-corrected chi connectivity index (χ0v) is 11.6. The second kappa shape index (κ2) is 6.83. The molecule has 2 rings (SSSR count). The lowest BCUT2D eigenvalue weighted by Crippen LogP contribution is -2.39. The minimum Gasteiger partial charge on any atom is -0.283 e. The molecular formula is C15H24N2O2. The average molecular weight is 264 g/mol. The van der Waals surface area contributed by atoms with E-state index in [0.29, 0.717) is 12.5 Å². The van der Waals surface area contributed by atoms with Gasteiger partial charge < -0.3 is 0 Å². The second-order valence-corrected chi connectivity index (χ2v) is 5.80. The molecule has 106 valence electrons. The fraction of sp³-hybridized carbons (Fsp3) is 0.800. The monoisotopic (exact) mass is 264 g/mol. The maximum Gasteiger partial charge on any atom is 0.250 e. The zero-order chi connectivity index (χ0) is 13.7. The molecule has 19 heavy (non-hydrogen) atoms. The standard InChI is InChI=1S/C15H24N2O2/c1-2-7-12-8-6-11-14(17(18)19)15(12)16-13-9-4-3-5-10-13/h2,12-14H,1,3-11H2. The minimum absolute atomic E-state index is 0.128. The molecule has 2 fully saturated rings. The number of aliphatic imine (C=N–C) groups is 1. The number of allylic oxidation sites excluding steroid dienone is 1. The van der Waals surface area contributed by atoms with Gasteiger partial charge in [-0.15, -0.1) is 6.58 Å². The van der Waals surface area contributed by atoms with E-state index in [4.69, 9.17) is 4.99 Å². The highest BCUT2D eigenvalue weighted by molar-refractivity contribution is 5.91. The second-order valence-electron chi connectivity index (χ2n) is 5.80. The van der Waals surface area contributed by atoms with Crippen molar-refractivity contribution in [3.05, 3.63) is 22.8 Å². The molecule has 2 unspecified atom stereocenters. The van der Waals surface area contributed by atoms with Crippen LogP contribution in [-0.4, -0.2) is 22.7 Å². The topological polar surface area (TPSA) is 55.5 Å². The Morgan fingerprint density at radius 1 is 1.21 bits per heavy atom. The van der Waals surface area contributed by atoms with Gasteiger partial charge in [-0.05, 0) is 32.1 Å². The van der Waals surface area contributed by atoms with Gasteiger partial charge >= 0.3 is 0 Å². The average Bonchev–Trinajstić information content (AvgIpc) is 2.42. The molecule has 2 saturated carbocycles. The third kappa shape index (κ3) is 3.64. The Labute approximate surface area is 115 Å². The molecule has 0 saturated heterocycles. The van der Waals surface area contributed by atoms with E-state index in [2.05, 4.69) is 6.58 Å². The van der Waals surface area contributed by atoms with Gasteiger partial charge in [0.1, 0.15) is 0 Å². The zero-order valence-electron chi connectivity index (χ0n) is 11.6. The molecule has 4 heteroatoms. The van der Waals surface area contributed by atoms with E-state index in [9.17, 15) is 10.1 Å². The lowest BCUT2D eigenvalue weighted by Gasteiger charge is -2.28. The molecule has 0 amide bonds. The Kier molecular flexibility index (Phi) is 5.11. The van der Waals surface area contributed by atoms with Crippen molar-refractivity contribution in [3.63, 3.8) is 0 Å². The molecular weight excluding hydrogens is 240 g/mol. The van der Waals surface area contributed by atoms with Crippen LogP contribution in [0.25, 0.3) is 0 Å². The van der Waals surface area contributed by atoms with Crippen molar-refractivity contribution in [1.29, 1.82) is 0 Å². The summed E-state index contributed by atoms with van der Waals surface area (Å²) in [5, 5.41) is 11.3. The molecule has 0 heterocycles. The van der Waals surface area contributed by atoms with Crippen LogP contribution in [0.15, 0.2) is 17.6 Å². The molecule has 0 radical (unpaired) electrons. The maximum atomic E-state index is 11.3. The molecule has 0 aliphatic heterocycles. The summed E-state index contributed by atoms with van der Waals surface area (Å²) in [6, 6.07) is -0.211. The summed E-state index contributed by atoms with van der Waals surface area (Å²) in [6.07, 6.45) is 11.3. The number of nitrogens with zero attached hydrogens (tertiary/aromatic N) is 2. The van der Waals surface area contributed by atoms with Crippen molar-refractivity contribution >= 4 is 5.71 Å². The van der Waals surface area contributed by atoms with Gasteiger partial charge in [-0.3, -0.25) is 15.1 Å². The maximum absolute atomic E-state index is 11.3. The van der Waals surface area contributed by atoms with E-state index in [1.165, 1.54) is 19.3 Å². The highest BCUT2D eigenvalue weighted by atomic mass is 16.6. The van der Waals surface area contributed by atoms with Crippen molar-refractivity contribution < 1.29 is 4.92 Å². The van der Waals surface area contributed by atoms with Crippen molar-refractivity contribution in [2.75, 3.05) is 0 Å². The van der Waals surface area contributed by atoms with Crippen molar-refractivity contribution in [2.45, 2.75) is 69.9 Å². The van der Waals surface area contributed by atoms with Crippen LogP contribution in [0.5, 0.6) is 0 Å². The van der Waals surface area contributed by atoms with Crippen LogP contribution >= 0.6 is 0 Å². The first-order valence-electron chi connectivity index (χ1n) is 7.54. The predicted octanol–water partition coefficient (Wildman–Crippen LogP) is 3.78. The molecule has 0 aromatic rings. The first-order chi connectivity index (χ1) is 9.22. The van der Waals surface area contributed by atoms with Gasteiger partial charge in [0.05, 0.1) is 11.8 Å². The molecule has 0 aromatic heterocycles. The van der Waals surface area contributed by atoms with Crippen molar-refractivity contribution in [1.82, 2.24) is 0 Å². The van der Waals surface area contributed by atoms with Gasteiger partial charge in [0.25, 0.3) is 6.04 Å². The Bertz CT molecular complexity index is 359. The molecule has 2 aliphatic carbocycles. The van der Waals surface area contributed by atoms with E-state index in [-0.39, 0.29) is 10.8 Å². The largest absolute Gasteiger partial charge is 0.283 e. The lowest BCUT2D eigenvalue weighted by molar-refractivity contribution is -0.505. The van der Waals surface area contributed by atoms with Gasteiger partial charge in [0.15, 0.2) is 0 Å². The van der Waals surface area contributed by atoms with E-state index in [1.807, 2.05) is 6.08 Å². The van der Waals surface area contributed by atoms with Crippen LogP contribution in [0.1, 0.15) is 57.8 Å². The van der Waals surface area contributed by atoms with Gasteiger partial charge in [0, 0.05) is 17.3 Å². The van der Waals surface area contributed by atoms with Crippen LogP contribution < -0.4 is 0 Å². The van der Waals surface area contributed by atoms with E-state index in [1.54, 1.807) is 0 Å². The number of hydrogen-bond donors (Lipinski definition) is 0. The van der Waals surface area contributed by atoms with Crippen LogP contribution in [0.4, 0.5) is 0 Å². The first-order valence-corrected chi connectivity index (χ1v) is 7.54. The van der Waals surface area contributed by atoms with Crippen LogP contribution in [0.2, 0.25) is 0 Å². The summed E-state index contributed by atoms with van der Waals surface area (Å²) < 4.78 is 0. The molecule has 0 N–H and O–H groups in total. The third-order valence-electron chi connectivity index (χ3n) is 4.40. The van der Waals surface area contributed by atoms with Crippen molar-refractivity contribution in [3.8, 4) is 0 Å². The summed E-state index contributed by atoms with van der Waals surface area (Å²) in [6.45, 7) is 3.78. The molecule has 0 bridgehead atoms. The smallest absolute Gasteiger partial charge is 0.250 e. The van der Waals surface area contributed by atoms with Gasteiger partial charge in [0.2, 0.25) is 0 Å². The summed E-state index contributed by atoms with van der Waals surface area (Å²) in [4.78, 5) is 16.0. The van der Waals surface area contributed by atoms with Crippen LogP contribution in [-0.2, 0) is 0 Å². The molecule has 2 aliphatic rings. The predicted molar refractivity (Wildman–Crippen MR) is 77.2 cm³/mol. The van der Waals surface area contributed by atoms with Crippen LogP contribution in [0.3, 0.4) is 0 Å². The van der Waals surface area contributed by atoms with E-state index >= 15 is 0 Å². The Balaban J connectivity index is 2.17. The Hall–Kier alpha value is -1.19. The normalized spacial score (nSPS) is 31.3. The van der Waals surface area contributed by atoms with E-state index < -0.39 is 6.04 Å². The fourth-order valence-electron chi connectivity index (χ4n) is 3.39. The fourth-order valence-corrected chi connectivity index (χ4v) is 3.39. The highest BCUT2D eigenvalue weighted by Gasteiger charge is 2.36. The van der Waals surface area contributed by atoms with Gasteiger partial charge in [-0.1, -0.05) is 25.3 Å². The highest BCUT2D eigenvalue weighted by Crippen LogP contribution is 2.29. The minimum atomic E-state index is -0.541. The third-order valence-corrected chi connectivity index (χ3v) is 4.40. The number of hydrogen-bond acceptors (Lipinski definition) is 3. The molecule has 0 spiro atoms. The van der Waals surface area contributed by atoms with Gasteiger partial charge in [-0.2, -0.15) is 0 Å². The quantitative estimate of drug-likeness (QED) is 0.441. The summed E-state index contributed by atoms with van der Waals surface area (Å²) in [5.41, 5.74) is 0.864. The van der Waals surface area contributed by atoms with Crippen LogP contribution in [0, 0.1) is 16.0 Å². The summed E-state index contributed by atoms with van der Waals surface area (Å²) >= 11 is 0. The summed E-state index contributed by atoms with van der Waals surface area (Å²) in [7, 11) is 0. The Morgan fingerprint density at radius 3 is 2.58 bits per heavy atom. The molecule has 0 aromatic carbocycles.